The summed E-state index contributed by atoms with van der Waals surface area (Å²) < 4.78 is 28.2. The molecule has 0 saturated carbocycles. The lowest BCUT2D eigenvalue weighted by atomic mass is 10.1. The lowest BCUT2D eigenvalue weighted by Crippen LogP contribution is -2.41. The van der Waals surface area contributed by atoms with Gasteiger partial charge >= 0.3 is 5.97 Å². The lowest BCUT2D eigenvalue weighted by molar-refractivity contribution is -0.139. The molecule has 0 bridgehead atoms. The van der Waals surface area contributed by atoms with Crippen LogP contribution in [0.15, 0.2) is 17.6 Å². The molecule has 120 valence electrons. The van der Waals surface area contributed by atoms with Crippen molar-refractivity contribution in [2.24, 2.45) is 11.8 Å². The summed E-state index contributed by atoms with van der Waals surface area (Å²) in [6.45, 7) is 8.34. The molecule has 0 fully saturated rings. The summed E-state index contributed by atoms with van der Waals surface area (Å²) in [6.07, 6.45) is 3.07. The van der Waals surface area contributed by atoms with E-state index in [-0.39, 0.29) is 17.4 Å². The minimum absolute atomic E-state index is 0.0623. The molecule has 0 aliphatic heterocycles. The van der Waals surface area contributed by atoms with E-state index >= 15 is 0 Å². The minimum atomic E-state index is -3.93. The second kappa shape index (κ2) is 7.04. The fourth-order valence-electron chi connectivity index (χ4n) is 1.92. The Morgan fingerprint density at radius 2 is 1.95 bits per heavy atom. The zero-order valence-corrected chi connectivity index (χ0v) is 13.6. The molecular formula is C13H23N3O4S. The fourth-order valence-corrected chi connectivity index (χ4v) is 3.07. The van der Waals surface area contributed by atoms with Crippen LogP contribution in [0.25, 0.3) is 0 Å². The average Bonchev–Trinajstić information content (AvgIpc) is 2.75. The molecule has 0 spiro atoms. The van der Waals surface area contributed by atoms with Gasteiger partial charge in [-0.05, 0) is 18.3 Å². The second-order valence-corrected chi connectivity index (χ2v) is 7.61. The van der Waals surface area contributed by atoms with E-state index in [0.717, 1.165) is 0 Å². The van der Waals surface area contributed by atoms with Crippen molar-refractivity contribution >= 4 is 16.0 Å². The Bertz CT molecular complexity index is 578. The molecule has 0 aliphatic carbocycles. The summed E-state index contributed by atoms with van der Waals surface area (Å²) in [4.78, 5) is 15.0. The maximum atomic E-state index is 12.2. The minimum Gasteiger partial charge on any atom is -0.480 e. The predicted octanol–water partition coefficient (Wildman–Crippen LogP) is 1.32. The number of sulfonamides is 1. The normalized spacial score (nSPS) is 13.8. The van der Waals surface area contributed by atoms with E-state index < -0.39 is 22.0 Å². The molecule has 1 rings (SSSR count). The predicted molar refractivity (Wildman–Crippen MR) is 78.3 cm³/mol. The fraction of sp³-hybridized carbons (Fsp3) is 0.692. The number of nitrogens with one attached hydrogen (secondary N) is 1. The standard InChI is InChI=1S/C13H23N3O4S/c1-9(2)5-11(13(17)18)15-21(19,20)12-7-16(8-14-12)6-10(3)4/h7-11,15H,5-6H2,1-4H3,(H,17,18)/t11-/m1/s1. The van der Waals surface area contributed by atoms with Crippen molar-refractivity contribution in [3.05, 3.63) is 12.5 Å². The highest BCUT2D eigenvalue weighted by atomic mass is 32.2. The molecule has 1 aromatic rings. The number of carboxylic acid groups (broad SMARTS) is 1. The van der Waals surface area contributed by atoms with E-state index in [2.05, 4.69) is 9.71 Å². The maximum Gasteiger partial charge on any atom is 0.321 e. The number of imidazole rings is 1. The number of rotatable bonds is 8. The van der Waals surface area contributed by atoms with Gasteiger partial charge in [-0.15, -0.1) is 0 Å². The van der Waals surface area contributed by atoms with Gasteiger partial charge in [0.05, 0.1) is 6.33 Å². The highest BCUT2D eigenvalue weighted by molar-refractivity contribution is 7.89. The molecule has 2 N–H and O–H groups in total. The van der Waals surface area contributed by atoms with Gasteiger partial charge in [0.25, 0.3) is 10.0 Å². The smallest absolute Gasteiger partial charge is 0.321 e. The first-order valence-electron chi connectivity index (χ1n) is 6.88. The molecule has 0 radical (unpaired) electrons. The maximum absolute atomic E-state index is 12.2. The zero-order chi connectivity index (χ0) is 16.2. The number of hydrogen-bond acceptors (Lipinski definition) is 4. The van der Waals surface area contributed by atoms with E-state index in [1.54, 1.807) is 4.57 Å². The number of carboxylic acids is 1. The van der Waals surface area contributed by atoms with Crippen LogP contribution in [0.4, 0.5) is 0 Å². The van der Waals surface area contributed by atoms with Gasteiger partial charge in [0.2, 0.25) is 0 Å². The topological polar surface area (TPSA) is 101 Å². The van der Waals surface area contributed by atoms with Crippen LogP contribution in [0.5, 0.6) is 0 Å². The van der Waals surface area contributed by atoms with Gasteiger partial charge in [-0.25, -0.2) is 13.4 Å². The van der Waals surface area contributed by atoms with Crippen molar-refractivity contribution in [3.8, 4) is 0 Å². The molecular weight excluding hydrogens is 294 g/mol. The number of nitrogens with zero attached hydrogens (tertiary/aromatic N) is 2. The van der Waals surface area contributed by atoms with Crippen molar-refractivity contribution in [1.29, 1.82) is 0 Å². The summed E-state index contributed by atoms with van der Waals surface area (Å²) >= 11 is 0. The van der Waals surface area contributed by atoms with Crippen molar-refractivity contribution in [1.82, 2.24) is 14.3 Å². The molecule has 1 aromatic heterocycles. The molecule has 0 saturated heterocycles. The highest BCUT2D eigenvalue weighted by Crippen LogP contribution is 2.11. The third-order valence-electron chi connectivity index (χ3n) is 2.76. The van der Waals surface area contributed by atoms with Gasteiger partial charge in [0, 0.05) is 12.7 Å². The number of hydrogen-bond donors (Lipinski definition) is 2. The van der Waals surface area contributed by atoms with Crippen molar-refractivity contribution < 1.29 is 18.3 Å². The van der Waals surface area contributed by atoms with Crippen LogP contribution in [0.2, 0.25) is 0 Å². The Kier molecular flexibility index (Phi) is 5.91. The number of aromatic nitrogens is 2. The first-order valence-corrected chi connectivity index (χ1v) is 8.37. The monoisotopic (exact) mass is 317 g/mol. The molecule has 0 amide bonds. The number of aliphatic carboxylic acids is 1. The van der Waals surface area contributed by atoms with Crippen LogP contribution >= 0.6 is 0 Å². The van der Waals surface area contributed by atoms with Gasteiger partial charge in [-0.2, -0.15) is 4.72 Å². The Balaban J connectivity index is 2.89. The largest absolute Gasteiger partial charge is 0.480 e. The summed E-state index contributed by atoms with van der Waals surface area (Å²) in [6, 6.07) is -1.15. The van der Waals surface area contributed by atoms with Gasteiger partial charge in [0.1, 0.15) is 6.04 Å². The van der Waals surface area contributed by atoms with Crippen LogP contribution < -0.4 is 4.72 Å². The van der Waals surface area contributed by atoms with Gasteiger partial charge in [0.15, 0.2) is 5.03 Å². The molecule has 7 nitrogen and oxygen atoms in total. The van der Waals surface area contributed by atoms with Gasteiger partial charge in [-0.1, -0.05) is 27.7 Å². The Labute approximate surface area is 125 Å². The molecule has 1 atom stereocenters. The van der Waals surface area contributed by atoms with Crippen molar-refractivity contribution in [2.45, 2.75) is 51.7 Å². The molecule has 1 heterocycles. The van der Waals surface area contributed by atoms with Crippen LogP contribution in [0.3, 0.4) is 0 Å². The Hall–Kier alpha value is -1.41. The van der Waals surface area contributed by atoms with Gasteiger partial charge < -0.3 is 9.67 Å². The van der Waals surface area contributed by atoms with E-state index in [9.17, 15) is 13.2 Å². The SMILES string of the molecule is CC(C)C[C@@H](NS(=O)(=O)c1cn(CC(C)C)cn1)C(=O)O. The third-order valence-corrected chi connectivity index (χ3v) is 4.12. The number of carbonyl (C=O) groups is 1. The quantitative estimate of drug-likeness (QED) is 0.753. The summed E-state index contributed by atoms with van der Waals surface area (Å²) in [7, 11) is -3.93. The summed E-state index contributed by atoms with van der Waals surface area (Å²) in [5.74, 6) is -0.767. The molecule has 21 heavy (non-hydrogen) atoms. The Morgan fingerprint density at radius 1 is 1.33 bits per heavy atom. The molecule has 0 aliphatic rings. The Morgan fingerprint density at radius 3 is 2.43 bits per heavy atom. The first-order chi connectivity index (χ1) is 9.61. The van der Waals surface area contributed by atoms with Crippen molar-refractivity contribution in [3.63, 3.8) is 0 Å². The van der Waals surface area contributed by atoms with E-state index in [1.807, 2.05) is 27.7 Å². The van der Waals surface area contributed by atoms with Crippen LogP contribution in [-0.2, 0) is 21.4 Å². The third kappa shape index (κ3) is 5.47. The lowest BCUT2D eigenvalue weighted by Gasteiger charge is -2.15. The summed E-state index contributed by atoms with van der Waals surface area (Å²) in [5.41, 5.74) is 0. The van der Waals surface area contributed by atoms with E-state index in [1.165, 1.54) is 12.5 Å². The van der Waals surface area contributed by atoms with Crippen molar-refractivity contribution in [2.75, 3.05) is 0 Å². The average molecular weight is 317 g/mol. The van der Waals surface area contributed by atoms with Crippen LogP contribution in [0.1, 0.15) is 34.1 Å². The van der Waals surface area contributed by atoms with E-state index in [0.29, 0.717) is 12.5 Å². The zero-order valence-electron chi connectivity index (χ0n) is 12.8. The molecule has 0 aromatic carbocycles. The van der Waals surface area contributed by atoms with Crippen LogP contribution in [0, 0.1) is 11.8 Å². The second-order valence-electron chi connectivity index (χ2n) is 5.94. The van der Waals surface area contributed by atoms with Crippen LogP contribution in [-0.4, -0.2) is 35.1 Å². The first kappa shape index (κ1) is 17.6. The highest BCUT2D eigenvalue weighted by Gasteiger charge is 2.27. The van der Waals surface area contributed by atoms with Gasteiger partial charge in [-0.3, -0.25) is 4.79 Å². The van der Waals surface area contributed by atoms with E-state index in [4.69, 9.17) is 5.11 Å². The summed E-state index contributed by atoms with van der Waals surface area (Å²) in [5, 5.41) is 8.95. The molecule has 0 unspecified atom stereocenters. The molecule has 8 heteroatoms.